The molecule has 2 aromatic carbocycles. The quantitative estimate of drug-likeness (QED) is 0.674. The van der Waals surface area contributed by atoms with Gasteiger partial charge < -0.3 is 4.42 Å². The fourth-order valence-corrected chi connectivity index (χ4v) is 1.83. The van der Waals surface area contributed by atoms with Crippen molar-refractivity contribution >= 4 is 10.9 Å². The topological polar surface area (TPSA) is 43.1 Å². The fourth-order valence-electron chi connectivity index (χ4n) is 1.83. The summed E-state index contributed by atoms with van der Waals surface area (Å²) in [5.41, 5.74) is -0.787. The van der Waals surface area contributed by atoms with E-state index in [1.807, 2.05) is 0 Å². The first-order valence-electron chi connectivity index (χ1n) is 5.51. The third kappa shape index (κ3) is 1.89. The molecule has 19 heavy (non-hydrogen) atoms. The molecule has 0 atom stereocenters. The van der Waals surface area contributed by atoms with Gasteiger partial charge in [0.25, 0.3) is 0 Å². The highest BCUT2D eigenvalue weighted by molar-refractivity contribution is 5.78. The van der Waals surface area contributed by atoms with Crippen LogP contribution in [0.2, 0.25) is 0 Å². The highest BCUT2D eigenvalue weighted by atomic mass is 19.1. The molecule has 0 radical (unpaired) electrons. The van der Waals surface area contributed by atoms with Crippen LogP contribution in [0.25, 0.3) is 22.4 Å². The monoisotopic (exact) mass is 259 g/mol. The van der Waals surface area contributed by atoms with Crippen molar-refractivity contribution in [3.63, 3.8) is 0 Å². The predicted octanol–water partition coefficient (Wildman–Crippen LogP) is 3.13. The van der Waals surface area contributed by atoms with E-state index in [0.717, 1.165) is 12.1 Å². The number of halogens is 2. The minimum absolute atomic E-state index is 0.267. The lowest BCUT2D eigenvalue weighted by Gasteiger charge is -2.03. The molecule has 5 heteroatoms. The van der Waals surface area contributed by atoms with Crippen LogP contribution in [0.5, 0.6) is 0 Å². The van der Waals surface area contributed by atoms with E-state index in [4.69, 9.17) is 4.42 Å². The molecule has 0 aliphatic carbocycles. The van der Waals surface area contributed by atoms with E-state index >= 15 is 0 Å². The molecule has 0 saturated carbocycles. The summed E-state index contributed by atoms with van der Waals surface area (Å²) in [6.07, 6.45) is 0. The van der Waals surface area contributed by atoms with E-state index < -0.39 is 22.8 Å². The van der Waals surface area contributed by atoms with Gasteiger partial charge >= 0.3 is 5.63 Å². The summed E-state index contributed by atoms with van der Waals surface area (Å²) in [5, 5.41) is 0.267. The van der Waals surface area contributed by atoms with E-state index in [9.17, 15) is 13.6 Å². The van der Waals surface area contributed by atoms with Crippen molar-refractivity contribution in [1.29, 1.82) is 0 Å². The minimum atomic E-state index is -0.828. The fraction of sp³-hybridized carbons (Fsp3) is 0. The summed E-state index contributed by atoms with van der Waals surface area (Å²) in [5.74, 6) is -2.02. The van der Waals surface area contributed by atoms with Gasteiger partial charge in [-0.25, -0.2) is 18.6 Å². The van der Waals surface area contributed by atoms with Gasteiger partial charge in [0.15, 0.2) is 0 Å². The number of rotatable bonds is 1. The lowest BCUT2D eigenvalue weighted by atomic mass is 10.2. The van der Waals surface area contributed by atoms with E-state index in [1.54, 1.807) is 18.2 Å². The summed E-state index contributed by atoms with van der Waals surface area (Å²) >= 11 is 0. The molecule has 0 spiro atoms. The standard InChI is InChI=1S/C14H7F2NO2/c15-9-5-3-6-10(16)12(9)13-17-11-7-2-1-4-8(11)14(18)19-13/h1-7H. The first-order chi connectivity index (χ1) is 9.16. The van der Waals surface area contributed by atoms with Crippen LogP contribution in [0.15, 0.2) is 51.7 Å². The highest BCUT2D eigenvalue weighted by Gasteiger charge is 2.16. The highest BCUT2D eigenvalue weighted by Crippen LogP contribution is 2.24. The Morgan fingerprint density at radius 1 is 0.947 bits per heavy atom. The normalized spacial score (nSPS) is 10.8. The zero-order chi connectivity index (χ0) is 13.4. The number of para-hydroxylation sites is 1. The predicted molar refractivity (Wildman–Crippen MR) is 65.6 cm³/mol. The van der Waals surface area contributed by atoms with Gasteiger partial charge in [-0.15, -0.1) is 0 Å². The minimum Gasteiger partial charge on any atom is -0.403 e. The maximum Gasteiger partial charge on any atom is 0.347 e. The van der Waals surface area contributed by atoms with Gasteiger partial charge in [-0.3, -0.25) is 0 Å². The molecule has 0 N–H and O–H groups in total. The molecule has 0 fully saturated rings. The van der Waals surface area contributed by atoms with Crippen molar-refractivity contribution in [1.82, 2.24) is 4.98 Å². The molecule has 0 aliphatic heterocycles. The number of benzene rings is 2. The van der Waals surface area contributed by atoms with E-state index in [2.05, 4.69) is 4.98 Å². The van der Waals surface area contributed by atoms with Crippen molar-refractivity contribution < 1.29 is 13.2 Å². The Labute approximate surface area is 106 Å². The first-order valence-corrected chi connectivity index (χ1v) is 5.51. The smallest absolute Gasteiger partial charge is 0.347 e. The molecule has 0 bridgehead atoms. The van der Waals surface area contributed by atoms with Crippen LogP contribution in [-0.2, 0) is 0 Å². The maximum absolute atomic E-state index is 13.6. The molecular weight excluding hydrogens is 252 g/mol. The summed E-state index contributed by atoms with van der Waals surface area (Å²) in [4.78, 5) is 15.7. The van der Waals surface area contributed by atoms with Crippen molar-refractivity contribution in [2.24, 2.45) is 0 Å². The zero-order valence-corrected chi connectivity index (χ0v) is 9.56. The molecule has 0 aliphatic rings. The summed E-state index contributed by atoms with van der Waals surface area (Å²) < 4.78 is 32.1. The number of aromatic nitrogens is 1. The molecule has 0 unspecified atom stereocenters. The van der Waals surface area contributed by atoms with Crippen LogP contribution in [0.3, 0.4) is 0 Å². The number of hydrogen-bond donors (Lipinski definition) is 0. The van der Waals surface area contributed by atoms with Crippen molar-refractivity contribution in [3.8, 4) is 11.5 Å². The molecule has 1 aromatic heterocycles. The lowest BCUT2D eigenvalue weighted by molar-refractivity contribution is 0.501. The lowest BCUT2D eigenvalue weighted by Crippen LogP contribution is -2.04. The second-order valence-corrected chi connectivity index (χ2v) is 3.92. The SMILES string of the molecule is O=c1oc(-c2c(F)cccc2F)nc2ccccc12. The molecular formula is C14H7F2NO2. The third-order valence-corrected chi connectivity index (χ3v) is 2.71. The van der Waals surface area contributed by atoms with Gasteiger partial charge in [-0.2, -0.15) is 0 Å². The Morgan fingerprint density at radius 2 is 1.63 bits per heavy atom. The first kappa shape index (κ1) is 11.5. The van der Waals surface area contributed by atoms with Crippen molar-refractivity contribution in [2.75, 3.05) is 0 Å². The van der Waals surface area contributed by atoms with Gasteiger partial charge in [0, 0.05) is 0 Å². The van der Waals surface area contributed by atoms with Gasteiger partial charge in [0.05, 0.1) is 10.9 Å². The average molecular weight is 259 g/mol. The molecule has 0 saturated heterocycles. The summed E-state index contributed by atoms with van der Waals surface area (Å²) in [7, 11) is 0. The number of nitrogens with zero attached hydrogens (tertiary/aromatic N) is 1. The van der Waals surface area contributed by atoms with Crippen LogP contribution in [0.1, 0.15) is 0 Å². The zero-order valence-electron chi connectivity index (χ0n) is 9.56. The number of fused-ring (bicyclic) bond motifs is 1. The van der Waals surface area contributed by atoms with E-state index in [0.29, 0.717) is 5.52 Å². The van der Waals surface area contributed by atoms with Gasteiger partial charge in [-0.1, -0.05) is 18.2 Å². The third-order valence-electron chi connectivity index (χ3n) is 2.71. The van der Waals surface area contributed by atoms with Crippen LogP contribution < -0.4 is 5.63 Å². The Balaban J connectivity index is 2.35. The van der Waals surface area contributed by atoms with Crippen LogP contribution in [0.4, 0.5) is 8.78 Å². The number of hydrogen-bond acceptors (Lipinski definition) is 3. The Hall–Kier alpha value is -2.56. The molecule has 0 amide bonds. The van der Waals surface area contributed by atoms with Crippen LogP contribution in [-0.4, -0.2) is 4.98 Å². The maximum atomic E-state index is 13.6. The summed E-state index contributed by atoms with van der Waals surface area (Å²) in [6, 6.07) is 9.84. The summed E-state index contributed by atoms with van der Waals surface area (Å²) in [6.45, 7) is 0. The average Bonchev–Trinajstić information content (AvgIpc) is 2.38. The largest absolute Gasteiger partial charge is 0.403 e. The molecule has 3 aromatic rings. The van der Waals surface area contributed by atoms with Gasteiger partial charge in [0.2, 0.25) is 5.89 Å². The molecule has 1 heterocycles. The van der Waals surface area contributed by atoms with Crippen molar-refractivity contribution in [3.05, 3.63) is 64.5 Å². The van der Waals surface area contributed by atoms with Crippen LogP contribution in [0, 0.1) is 11.6 Å². The second kappa shape index (κ2) is 4.28. The second-order valence-electron chi connectivity index (χ2n) is 3.92. The van der Waals surface area contributed by atoms with E-state index in [1.165, 1.54) is 12.1 Å². The Kier molecular flexibility index (Phi) is 2.59. The molecule has 3 nitrogen and oxygen atoms in total. The Morgan fingerprint density at radius 3 is 2.37 bits per heavy atom. The molecule has 94 valence electrons. The Bertz CT molecular complexity index is 807. The van der Waals surface area contributed by atoms with Gasteiger partial charge in [-0.05, 0) is 24.3 Å². The van der Waals surface area contributed by atoms with Crippen molar-refractivity contribution in [2.45, 2.75) is 0 Å². The van der Waals surface area contributed by atoms with Crippen LogP contribution >= 0.6 is 0 Å². The van der Waals surface area contributed by atoms with Gasteiger partial charge in [0.1, 0.15) is 17.2 Å². The van der Waals surface area contributed by atoms with E-state index in [-0.39, 0.29) is 11.3 Å². The molecule has 3 rings (SSSR count).